The fourth-order valence-corrected chi connectivity index (χ4v) is 1.44. The molecule has 0 unspecified atom stereocenters. The van der Waals surface area contributed by atoms with Crippen LogP contribution in [0.25, 0.3) is 0 Å². The average Bonchev–Trinajstić information content (AvgIpc) is 2.65. The molecule has 4 nitrogen and oxygen atoms in total. The predicted octanol–water partition coefficient (Wildman–Crippen LogP) is 0.687. The van der Waals surface area contributed by atoms with Crippen LogP contribution >= 0.6 is 12.4 Å². The number of rotatable bonds is 4. The highest BCUT2D eigenvalue weighted by Gasteiger charge is 2.20. The third-order valence-corrected chi connectivity index (χ3v) is 2.55. The minimum absolute atomic E-state index is 0. The van der Waals surface area contributed by atoms with Gasteiger partial charge < -0.3 is 15.8 Å². The second kappa shape index (κ2) is 7.04. The summed E-state index contributed by atoms with van der Waals surface area (Å²) in [7, 11) is 0. The van der Waals surface area contributed by atoms with Crippen molar-refractivity contribution in [1.82, 2.24) is 5.32 Å². The van der Waals surface area contributed by atoms with Gasteiger partial charge in [-0.2, -0.15) is 0 Å². The lowest BCUT2D eigenvalue weighted by molar-refractivity contribution is -0.123. The Kier molecular flexibility index (Phi) is 6.89. The molecule has 2 atom stereocenters. The maximum absolute atomic E-state index is 11.4. The van der Waals surface area contributed by atoms with Gasteiger partial charge in [0.05, 0.1) is 12.1 Å². The Morgan fingerprint density at radius 1 is 1.60 bits per heavy atom. The largest absolute Gasteiger partial charge is 0.376 e. The second-order valence-electron chi connectivity index (χ2n) is 4.15. The van der Waals surface area contributed by atoms with E-state index in [2.05, 4.69) is 5.32 Å². The summed E-state index contributed by atoms with van der Waals surface area (Å²) in [5, 5.41) is 2.82. The molecule has 3 N–H and O–H groups in total. The van der Waals surface area contributed by atoms with Gasteiger partial charge in [-0.3, -0.25) is 4.79 Å². The summed E-state index contributed by atoms with van der Waals surface area (Å²) >= 11 is 0. The van der Waals surface area contributed by atoms with Crippen LogP contribution in [-0.4, -0.2) is 31.2 Å². The number of carbonyl (C=O) groups excluding carboxylic acids is 1. The van der Waals surface area contributed by atoms with E-state index in [9.17, 15) is 4.79 Å². The number of carbonyl (C=O) groups is 1. The Hall–Kier alpha value is -0.320. The lowest BCUT2D eigenvalue weighted by Gasteiger charge is -2.17. The second-order valence-corrected chi connectivity index (χ2v) is 4.15. The van der Waals surface area contributed by atoms with E-state index >= 15 is 0 Å². The average molecular weight is 237 g/mol. The number of hydrogen-bond donors (Lipinski definition) is 2. The van der Waals surface area contributed by atoms with Crippen molar-refractivity contribution in [3.8, 4) is 0 Å². The third-order valence-electron chi connectivity index (χ3n) is 2.55. The molecule has 15 heavy (non-hydrogen) atoms. The maximum Gasteiger partial charge on any atom is 0.237 e. The molecule has 0 aromatic carbocycles. The van der Waals surface area contributed by atoms with Gasteiger partial charge in [0.1, 0.15) is 0 Å². The molecule has 90 valence electrons. The van der Waals surface area contributed by atoms with E-state index in [4.69, 9.17) is 10.5 Å². The Labute approximate surface area is 97.3 Å². The topological polar surface area (TPSA) is 64.4 Å². The third kappa shape index (κ3) is 4.82. The molecule has 1 fully saturated rings. The van der Waals surface area contributed by atoms with E-state index < -0.39 is 6.04 Å². The highest BCUT2D eigenvalue weighted by Crippen LogP contribution is 2.10. The van der Waals surface area contributed by atoms with E-state index in [1.165, 1.54) is 0 Å². The molecule has 1 aliphatic rings. The molecule has 5 heteroatoms. The first-order valence-electron chi connectivity index (χ1n) is 5.26. The fourth-order valence-electron chi connectivity index (χ4n) is 1.44. The van der Waals surface area contributed by atoms with Crippen LogP contribution in [0.3, 0.4) is 0 Å². The zero-order chi connectivity index (χ0) is 10.6. The van der Waals surface area contributed by atoms with Crippen molar-refractivity contribution in [1.29, 1.82) is 0 Å². The first-order valence-corrected chi connectivity index (χ1v) is 5.26. The van der Waals surface area contributed by atoms with E-state index in [0.717, 1.165) is 19.4 Å². The van der Waals surface area contributed by atoms with Crippen molar-refractivity contribution in [3.05, 3.63) is 0 Å². The van der Waals surface area contributed by atoms with Crippen molar-refractivity contribution < 1.29 is 9.53 Å². The lowest BCUT2D eigenvalue weighted by atomic mass is 10.1. The highest BCUT2D eigenvalue weighted by molar-refractivity contribution is 5.85. The molecule has 0 aliphatic carbocycles. The standard InChI is InChI=1S/C10H20N2O2.ClH/c1-7(2)9(11)10(13)12-6-8-4-3-5-14-8;/h7-9H,3-6,11H2,1-2H3,(H,12,13);1H/t8-,9-;/m1./s1. The van der Waals surface area contributed by atoms with Gasteiger partial charge in [-0.1, -0.05) is 13.8 Å². The zero-order valence-electron chi connectivity index (χ0n) is 9.36. The summed E-state index contributed by atoms with van der Waals surface area (Å²) in [6.45, 7) is 5.29. The van der Waals surface area contributed by atoms with Crippen LogP contribution in [0.2, 0.25) is 0 Å². The molecule has 1 saturated heterocycles. The number of halogens is 1. The molecule has 0 bridgehead atoms. The number of ether oxygens (including phenoxy) is 1. The van der Waals surface area contributed by atoms with E-state index in [1.807, 2.05) is 13.8 Å². The van der Waals surface area contributed by atoms with Gasteiger partial charge >= 0.3 is 0 Å². The van der Waals surface area contributed by atoms with Crippen molar-refractivity contribution in [2.45, 2.75) is 38.8 Å². The molecule has 0 saturated carbocycles. The van der Waals surface area contributed by atoms with Gasteiger partial charge in [0, 0.05) is 13.2 Å². The predicted molar refractivity (Wildman–Crippen MR) is 62.0 cm³/mol. The quantitative estimate of drug-likeness (QED) is 0.755. The smallest absolute Gasteiger partial charge is 0.237 e. The Morgan fingerprint density at radius 2 is 2.27 bits per heavy atom. The Morgan fingerprint density at radius 3 is 2.73 bits per heavy atom. The van der Waals surface area contributed by atoms with Gasteiger partial charge in [-0.15, -0.1) is 12.4 Å². The number of nitrogens with two attached hydrogens (primary N) is 1. The molecule has 0 aromatic rings. The van der Waals surface area contributed by atoms with Crippen LogP contribution < -0.4 is 11.1 Å². The Bertz CT molecular complexity index is 194. The van der Waals surface area contributed by atoms with Crippen molar-refractivity contribution >= 4 is 18.3 Å². The summed E-state index contributed by atoms with van der Waals surface area (Å²) in [6, 6.07) is -0.406. The van der Waals surface area contributed by atoms with E-state index in [1.54, 1.807) is 0 Å². The highest BCUT2D eigenvalue weighted by atomic mass is 35.5. The Balaban J connectivity index is 0.00000196. The first kappa shape index (κ1) is 14.7. The molecule has 0 aromatic heterocycles. The normalized spacial score (nSPS) is 22.3. The molecule has 1 aliphatic heterocycles. The van der Waals surface area contributed by atoms with Gasteiger partial charge in [-0.05, 0) is 18.8 Å². The van der Waals surface area contributed by atoms with Crippen LogP contribution in [0.1, 0.15) is 26.7 Å². The molecular weight excluding hydrogens is 216 g/mol. The molecule has 0 spiro atoms. The molecular formula is C10H21ClN2O2. The minimum atomic E-state index is -0.406. The summed E-state index contributed by atoms with van der Waals surface area (Å²) in [6.07, 6.45) is 2.33. The van der Waals surface area contributed by atoms with Gasteiger partial charge in [0.2, 0.25) is 5.91 Å². The molecule has 1 heterocycles. The number of hydrogen-bond acceptors (Lipinski definition) is 3. The number of nitrogens with one attached hydrogen (secondary N) is 1. The SMILES string of the molecule is CC(C)[C@@H](N)C(=O)NC[C@H]1CCCO1.Cl. The van der Waals surface area contributed by atoms with Crippen LogP contribution in [-0.2, 0) is 9.53 Å². The summed E-state index contributed by atoms with van der Waals surface area (Å²) in [5.74, 6) is 0.106. The van der Waals surface area contributed by atoms with Gasteiger partial charge in [-0.25, -0.2) is 0 Å². The molecule has 1 amide bonds. The maximum atomic E-state index is 11.4. The summed E-state index contributed by atoms with van der Waals surface area (Å²) < 4.78 is 5.39. The van der Waals surface area contributed by atoms with Crippen molar-refractivity contribution in [2.75, 3.05) is 13.2 Å². The van der Waals surface area contributed by atoms with E-state index in [-0.39, 0.29) is 30.3 Å². The summed E-state index contributed by atoms with van der Waals surface area (Å²) in [4.78, 5) is 11.4. The fraction of sp³-hybridized carbons (Fsp3) is 0.900. The van der Waals surface area contributed by atoms with Crippen molar-refractivity contribution in [3.63, 3.8) is 0 Å². The van der Waals surface area contributed by atoms with Gasteiger partial charge in [0.15, 0.2) is 0 Å². The van der Waals surface area contributed by atoms with Crippen molar-refractivity contribution in [2.24, 2.45) is 11.7 Å². The van der Waals surface area contributed by atoms with Crippen LogP contribution in [0.15, 0.2) is 0 Å². The zero-order valence-corrected chi connectivity index (χ0v) is 10.2. The van der Waals surface area contributed by atoms with Crippen LogP contribution in [0, 0.1) is 5.92 Å². The lowest BCUT2D eigenvalue weighted by Crippen LogP contribution is -2.46. The molecule has 0 radical (unpaired) electrons. The summed E-state index contributed by atoms with van der Waals surface area (Å²) in [5.41, 5.74) is 5.69. The minimum Gasteiger partial charge on any atom is -0.376 e. The van der Waals surface area contributed by atoms with Crippen LogP contribution in [0.5, 0.6) is 0 Å². The van der Waals surface area contributed by atoms with E-state index in [0.29, 0.717) is 6.54 Å². The van der Waals surface area contributed by atoms with Crippen LogP contribution in [0.4, 0.5) is 0 Å². The monoisotopic (exact) mass is 236 g/mol. The molecule has 1 rings (SSSR count). The van der Waals surface area contributed by atoms with Gasteiger partial charge in [0.25, 0.3) is 0 Å². The first-order chi connectivity index (χ1) is 6.61. The number of amides is 1.